The van der Waals surface area contributed by atoms with E-state index in [1.807, 2.05) is 0 Å². The second kappa shape index (κ2) is 5.47. The number of aromatic nitrogens is 1. The molecule has 0 fully saturated rings. The van der Waals surface area contributed by atoms with Crippen LogP contribution in [0.25, 0.3) is 0 Å². The van der Waals surface area contributed by atoms with Crippen LogP contribution in [0.5, 0.6) is 0 Å². The average molecular weight is 332 g/mol. The van der Waals surface area contributed by atoms with Crippen molar-refractivity contribution in [3.05, 3.63) is 46.1 Å². The van der Waals surface area contributed by atoms with E-state index in [1.54, 1.807) is 19.2 Å². The third-order valence-electron chi connectivity index (χ3n) is 2.50. The van der Waals surface area contributed by atoms with E-state index in [2.05, 4.69) is 9.71 Å². The van der Waals surface area contributed by atoms with Crippen molar-refractivity contribution in [1.29, 1.82) is 0 Å². The van der Waals surface area contributed by atoms with Crippen LogP contribution in [0.15, 0.2) is 35.4 Å². The number of nitrogens with one attached hydrogen (secondary N) is 1. The quantitative estimate of drug-likeness (QED) is 0.904. The fourth-order valence-corrected chi connectivity index (χ4v) is 2.96. The molecule has 0 saturated carbocycles. The van der Waals surface area contributed by atoms with Gasteiger partial charge in [0.2, 0.25) is 0 Å². The molecule has 1 aromatic heterocycles. The summed E-state index contributed by atoms with van der Waals surface area (Å²) in [5, 5.41) is 0.437. The summed E-state index contributed by atoms with van der Waals surface area (Å²) >= 11 is 11.6. The Hall–Kier alpha value is -1.50. The molecule has 0 bridgehead atoms. The van der Waals surface area contributed by atoms with Crippen molar-refractivity contribution in [2.24, 2.45) is 0 Å². The molecule has 8 heteroatoms. The van der Waals surface area contributed by atoms with E-state index in [0.29, 0.717) is 0 Å². The van der Waals surface area contributed by atoms with E-state index in [0.717, 1.165) is 5.56 Å². The Morgan fingerprint density at radius 1 is 1.20 bits per heavy atom. The largest absolute Gasteiger partial charge is 0.382 e. The molecule has 0 aliphatic heterocycles. The molecule has 0 spiro atoms. The monoisotopic (exact) mass is 331 g/mol. The van der Waals surface area contributed by atoms with Gasteiger partial charge < -0.3 is 5.73 Å². The van der Waals surface area contributed by atoms with Crippen molar-refractivity contribution in [2.45, 2.75) is 11.8 Å². The standard InChI is InChI=1S/C12H11Cl2N3O2S/c1-7-4-11(12(15)16-6-7)17-20(18,19)8-2-3-9(13)10(14)5-8/h2-6,17H,1H3,(H2,15,16). The molecule has 0 atom stereocenters. The Labute approximate surface area is 126 Å². The number of hydrogen-bond acceptors (Lipinski definition) is 4. The van der Waals surface area contributed by atoms with Crippen molar-refractivity contribution >= 4 is 44.7 Å². The van der Waals surface area contributed by atoms with Crippen LogP contribution in [0.1, 0.15) is 5.56 Å². The van der Waals surface area contributed by atoms with Crippen LogP contribution in [0, 0.1) is 6.92 Å². The molecule has 0 unspecified atom stereocenters. The zero-order valence-electron chi connectivity index (χ0n) is 10.4. The highest BCUT2D eigenvalue weighted by molar-refractivity contribution is 7.92. The number of anilines is 2. The van der Waals surface area contributed by atoms with Crippen molar-refractivity contribution in [3.8, 4) is 0 Å². The van der Waals surface area contributed by atoms with Gasteiger partial charge in [-0.25, -0.2) is 13.4 Å². The van der Waals surface area contributed by atoms with Crippen molar-refractivity contribution in [1.82, 2.24) is 4.98 Å². The minimum absolute atomic E-state index is 0.00666. The maximum atomic E-state index is 12.2. The highest BCUT2D eigenvalue weighted by Gasteiger charge is 2.17. The minimum atomic E-state index is -3.80. The fourth-order valence-electron chi connectivity index (χ4n) is 1.51. The second-order valence-electron chi connectivity index (χ2n) is 4.13. The number of hydrogen-bond donors (Lipinski definition) is 2. The van der Waals surface area contributed by atoms with Crippen molar-refractivity contribution in [2.75, 3.05) is 10.5 Å². The van der Waals surface area contributed by atoms with Crippen LogP contribution in [-0.4, -0.2) is 13.4 Å². The van der Waals surface area contributed by atoms with E-state index in [4.69, 9.17) is 28.9 Å². The summed E-state index contributed by atoms with van der Waals surface area (Å²) in [6.45, 7) is 1.78. The third kappa shape index (κ3) is 3.15. The zero-order chi connectivity index (χ0) is 14.9. The summed E-state index contributed by atoms with van der Waals surface area (Å²) in [6, 6.07) is 5.63. The molecule has 106 valence electrons. The topological polar surface area (TPSA) is 85.1 Å². The van der Waals surface area contributed by atoms with Gasteiger partial charge in [0, 0.05) is 6.20 Å². The van der Waals surface area contributed by atoms with Crippen LogP contribution in [0.4, 0.5) is 11.5 Å². The zero-order valence-corrected chi connectivity index (χ0v) is 12.7. The number of sulfonamides is 1. The van der Waals surface area contributed by atoms with Crippen LogP contribution in [-0.2, 0) is 10.0 Å². The molecule has 3 N–H and O–H groups in total. The van der Waals surface area contributed by atoms with Crippen LogP contribution >= 0.6 is 23.2 Å². The van der Waals surface area contributed by atoms with Gasteiger partial charge >= 0.3 is 0 Å². The lowest BCUT2D eigenvalue weighted by atomic mass is 10.3. The highest BCUT2D eigenvalue weighted by Crippen LogP contribution is 2.27. The Bertz CT molecular complexity index is 763. The van der Waals surface area contributed by atoms with Crippen LogP contribution in [0.3, 0.4) is 0 Å². The molecular weight excluding hydrogens is 321 g/mol. The summed E-state index contributed by atoms with van der Waals surface area (Å²) in [4.78, 5) is 3.89. The van der Waals surface area contributed by atoms with Gasteiger partial charge in [-0.2, -0.15) is 0 Å². The lowest BCUT2D eigenvalue weighted by molar-refractivity contribution is 0.601. The highest BCUT2D eigenvalue weighted by atomic mass is 35.5. The average Bonchev–Trinajstić information content (AvgIpc) is 2.36. The maximum absolute atomic E-state index is 12.2. The Morgan fingerprint density at radius 2 is 1.90 bits per heavy atom. The van der Waals surface area contributed by atoms with Gasteiger partial charge in [-0.05, 0) is 36.8 Å². The number of aryl methyl sites for hydroxylation is 1. The minimum Gasteiger partial charge on any atom is -0.382 e. The first kappa shape index (κ1) is 14.9. The van der Waals surface area contributed by atoms with Crippen molar-refractivity contribution < 1.29 is 8.42 Å². The predicted octanol–water partition coefficient (Wildman–Crippen LogP) is 3.08. The lowest BCUT2D eigenvalue weighted by Crippen LogP contribution is -2.14. The molecular formula is C12H11Cl2N3O2S. The van der Waals surface area contributed by atoms with Crippen molar-refractivity contribution in [3.63, 3.8) is 0 Å². The molecule has 0 aliphatic rings. The Kier molecular flexibility index (Phi) is 4.08. The van der Waals surface area contributed by atoms with Gasteiger partial charge in [-0.3, -0.25) is 4.72 Å². The third-order valence-corrected chi connectivity index (χ3v) is 4.60. The van der Waals surface area contributed by atoms with Gasteiger partial charge in [-0.15, -0.1) is 0 Å². The summed E-state index contributed by atoms with van der Waals surface area (Å²) in [5.41, 5.74) is 6.65. The predicted molar refractivity (Wildman–Crippen MR) is 80.7 cm³/mol. The van der Waals surface area contributed by atoms with Crippen LogP contribution < -0.4 is 10.5 Å². The summed E-state index contributed by atoms with van der Waals surface area (Å²) < 4.78 is 26.8. The Balaban J connectivity index is 2.40. The molecule has 5 nitrogen and oxygen atoms in total. The van der Waals surface area contributed by atoms with E-state index in [1.165, 1.54) is 18.2 Å². The number of rotatable bonds is 3. The molecule has 2 aromatic rings. The Morgan fingerprint density at radius 3 is 2.55 bits per heavy atom. The SMILES string of the molecule is Cc1cnc(N)c(NS(=O)(=O)c2ccc(Cl)c(Cl)c2)c1. The summed E-state index contributed by atoms with van der Waals surface area (Å²) in [6.07, 6.45) is 1.55. The number of halogens is 2. The molecule has 1 aromatic carbocycles. The number of pyridine rings is 1. The first-order chi connectivity index (χ1) is 9.29. The van der Waals surface area contributed by atoms with Crippen LogP contribution in [0.2, 0.25) is 10.0 Å². The second-order valence-corrected chi connectivity index (χ2v) is 6.62. The molecule has 0 amide bonds. The molecule has 0 saturated heterocycles. The molecule has 20 heavy (non-hydrogen) atoms. The van der Waals surface area contributed by atoms with E-state index in [-0.39, 0.29) is 26.4 Å². The van der Waals surface area contributed by atoms with Gasteiger partial charge in [-0.1, -0.05) is 23.2 Å². The first-order valence-electron chi connectivity index (χ1n) is 5.49. The smallest absolute Gasteiger partial charge is 0.262 e. The van der Waals surface area contributed by atoms with Gasteiger partial charge in [0.25, 0.3) is 10.0 Å². The maximum Gasteiger partial charge on any atom is 0.262 e. The summed E-state index contributed by atoms with van der Waals surface area (Å²) in [7, 11) is -3.80. The molecule has 1 heterocycles. The van der Waals surface area contributed by atoms with E-state index < -0.39 is 10.0 Å². The molecule has 0 radical (unpaired) electrons. The van der Waals surface area contributed by atoms with Gasteiger partial charge in [0.1, 0.15) is 5.82 Å². The normalized spacial score (nSPS) is 11.3. The van der Waals surface area contributed by atoms with E-state index >= 15 is 0 Å². The number of nitrogens with zero attached hydrogens (tertiary/aromatic N) is 1. The van der Waals surface area contributed by atoms with Gasteiger partial charge in [0.15, 0.2) is 0 Å². The first-order valence-corrected chi connectivity index (χ1v) is 7.73. The number of nitrogen functional groups attached to an aromatic ring is 1. The lowest BCUT2D eigenvalue weighted by Gasteiger charge is -2.11. The van der Waals surface area contributed by atoms with Gasteiger partial charge in [0.05, 0.1) is 20.6 Å². The fraction of sp³-hybridized carbons (Fsp3) is 0.0833. The summed E-state index contributed by atoms with van der Waals surface area (Å²) in [5.74, 6) is 0.0965. The van der Waals surface area contributed by atoms with E-state index in [9.17, 15) is 8.42 Å². The number of nitrogens with two attached hydrogens (primary N) is 1. The number of benzene rings is 1. The molecule has 2 rings (SSSR count). The molecule has 0 aliphatic carbocycles.